The molecule has 4 rings (SSSR count). The van der Waals surface area contributed by atoms with E-state index < -0.39 is 16.6 Å². The van der Waals surface area contributed by atoms with E-state index in [1.54, 1.807) is 48.7 Å². The number of carbonyl (C=O) groups is 2. The number of nitrogens with two attached hydrogens (primary N) is 1. The first kappa shape index (κ1) is 18.9. The Bertz CT molecular complexity index is 1300. The van der Waals surface area contributed by atoms with Crippen molar-refractivity contribution in [1.29, 1.82) is 0 Å². The number of rotatable bonds is 5. The number of aromatic nitrogens is 1. The van der Waals surface area contributed by atoms with Gasteiger partial charge in [-0.2, -0.15) is 0 Å². The van der Waals surface area contributed by atoms with Crippen molar-refractivity contribution in [2.75, 3.05) is 11.1 Å². The number of nitro benzene ring substituents is 1. The minimum absolute atomic E-state index is 0.00568. The minimum atomic E-state index is -0.574. The normalized spacial score (nSPS) is 10.7. The molecule has 30 heavy (non-hydrogen) atoms. The third-order valence-corrected chi connectivity index (χ3v) is 4.67. The van der Waals surface area contributed by atoms with Crippen LogP contribution in [0.3, 0.4) is 0 Å². The zero-order chi connectivity index (χ0) is 21.3. The van der Waals surface area contributed by atoms with Crippen molar-refractivity contribution in [3.8, 4) is 0 Å². The van der Waals surface area contributed by atoms with Crippen LogP contribution in [0.1, 0.15) is 26.4 Å². The van der Waals surface area contributed by atoms with Gasteiger partial charge in [0.25, 0.3) is 11.6 Å². The fourth-order valence-corrected chi connectivity index (χ4v) is 3.31. The maximum Gasteiger partial charge on any atom is 0.270 e. The molecular formula is C22H16N4O4. The summed E-state index contributed by atoms with van der Waals surface area (Å²) in [4.78, 5) is 36.7. The number of pyridine rings is 1. The zero-order valence-electron chi connectivity index (χ0n) is 15.6. The SMILES string of the molecule is Nc1c(C(=O)Nc2ccccc2)c2ccccn2c1C(=O)c1cccc([N+](=O)[O-])c1. The number of nitrogen functional groups attached to an aromatic ring is 1. The highest BCUT2D eigenvalue weighted by Crippen LogP contribution is 2.29. The summed E-state index contributed by atoms with van der Waals surface area (Å²) in [7, 11) is 0. The number of carbonyl (C=O) groups excluding carboxylic acids is 2. The highest BCUT2D eigenvalue weighted by Gasteiger charge is 2.26. The van der Waals surface area contributed by atoms with Gasteiger partial charge in [-0.05, 0) is 24.3 Å². The molecule has 2 aromatic heterocycles. The van der Waals surface area contributed by atoms with Gasteiger partial charge >= 0.3 is 0 Å². The zero-order valence-corrected chi connectivity index (χ0v) is 15.6. The van der Waals surface area contributed by atoms with E-state index in [4.69, 9.17) is 5.73 Å². The quantitative estimate of drug-likeness (QED) is 0.299. The summed E-state index contributed by atoms with van der Waals surface area (Å²) in [5.41, 5.74) is 7.45. The molecule has 0 aliphatic carbocycles. The smallest absolute Gasteiger partial charge is 0.270 e. The van der Waals surface area contributed by atoms with Crippen molar-refractivity contribution in [1.82, 2.24) is 4.40 Å². The van der Waals surface area contributed by atoms with Gasteiger partial charge in [0.1, 0.15) is 5.69 Å². The lowest BCUT2D eigenvalue weighted by atomic mass is 10.1. The van der Waals surface area contributed by atoms with Crippen molar-refractivity contribution in [3.63, 3.8) is 0 Å². The molecule has 1 amide bonds. The number of nitrogens with zero attached hydrogens (tertiary/aromatic N) is 2. The predicted molar refractivity (Wildman–Crippen MR) is 113 cm³/mol. The monoisotopic (exact) mass is 400 g/mol. The lowest BCUT2D eigenvalue weighted by Crippen LogP contribution is -2.14. The number of ketones is 1. The number of anilines is 2. The second kappa shape index (κ2) is 7.51. The number of hydrogen-bond donors (Lipinski definition) is 2. The van der Waals surface area contributed by atoms with Gasteiger partial charge in [0.05, 0.1) is 21.7 Å². The molecule has 0 spiro atoms. The van der Waals surface area contributed by atoms with E-state index in [2.05, 4.69) is 5.32 Å². The second-order valence-corrected chi connectivity index (χ2v) is 6.55. The maximum absolute atomic E-state index is 13.2. The standard InChI is InChI=1S/C22H16N4O4/c23-19-18(22(28)24-15-8-2-1-3-9-15)17-11-4-5-12-25(17)20(19)21(27)14-7-6-10-16(13-14)26(29)30/h1-13H,23H2,(H,24,28). The van der Waals surface area contributed by atoms with Crippen LogP contribution in [0.2, 0.25) is 0 Å². The summed E-state index contributed by atoms with van der Waals surface area (Å²) in [6, 6.07) is 19.4. The summed E-state index contributed by atoms with van der Waals surface area (Å²) in [6.07, 6.45) is 1.62. The van der Waals surface area contributed by atoms with Crippen molar-refractivity contribution in [2.24, 2.45) is 0 Å². The van der Waals surface area contributed by atoms with E-state index in [9.17, 15) is 19.7 Å². The Morgan fingerprint density at radius 2 is 1.70 bits per heavy atom. The number of benzene rings is 2. The molecule has 0 radical (unpaired) electrons. The number of non-ortho nitro benzene ring substituents is 1. The lowest BCUT2D eigenvalue weighted by molar-refractivity contribution is -0.384. The molecule has 0 saturated heterocycles. The molecule has 0 fully saturated rings. The molecule has 2 aromatic carbocycles. The third kappa shape index (κ3) is 3.26. The number of nitrogens with one attached hydrogen (secondary N) is 1. The number of nitro groups is 1. The number of amides is 1. The van der Waals surface area contributed by atoms with Gasteiger partial charge in [-0.1, -0.05) is 36.4 Å². The van der Waals surface area contributed by atoms with Gasteiger partial charge in [0.15, 0.2) is 0 Å². The van der Waals surface area contributed by atoms with Crippen LogP contribution < -0.4 is 11.1 Å². The van der Waals surface area contributed by atoms with Crippen molar-refractivity contribution in [2.45, 2.75) is 0 Å². The van der Waals surface area contributed by atoms with Crippen LogP contribution in [-0.2, 0) is 0 Å². The summed E-state index contributed by atoms with van der Waals surface area (Å²) in [5.74, 6) is -0.975. The molecule has 2 heterocycles. The largest absolute Gasteiger partial charge is 0.396 e. The average molecular weight is 400 g/mol. The third-order valence-electron chi connectivity index (χ3n) is 4.67. The Morgan fingerprint density at radius 1 is 0.967 bits per heavy atom. The second-order valence-electron chi connectivity index (χ2n) is 6.55. The molecule has 0 aliphatic heterocycles. The van der Waals surface area contributed by atoms with Crippen LogP contribution in [-0.4, -0.2) is 21.0 Å². The molecule has 0 atom stereocenters. The average Bonchev–Trinajstić information content (AvgIpc) is 3.05. The Morgan fingerprint density at radius 3 is 2.43 bits per heavy atom. The van der Waals surface area contributed by atoms with Gasteiger partial charge in [0.2, 0.25) is 5.78 Å². The van der Waals surface area contributed by atoms with Gasteiger partial charge in [0, 0.05) is 29.6 Å². The maximum atomic E-state index is 13.2. The van der Waals surface area contributed by atoms with Crippen molar-refractivity contribution >= 4 is 34.3 Å². The number of hydrogen-bond acceptors (Lipinski definition) is 5. The molecule has 8 nitrogen and oxygen atoms in total. The summed E-state index contributed by atoms with van der Waals surface area (Å²) >= 11 is 0. The Labute approximate surface area is 170 Å². The van der Waals surface area contributed by atoms with Crippen molar-refractivity contribution in [3.05, 3.63) is 106 Å². The van der Waals surface area contributed by atoms with E-state index >= 15 is 0 Å². The topological polar surface area (TPSA) is 120 Å². The Kier molecular flexibility index (Phi) is 4.73. The highest BCUT2D eigenvalue weighted by atomic mass is 16.6. The van der Waals surface area contributed by atoms with Gasteiger partial charge in [-0.15, -0.1) is 0 Å². The van der Waals surface area contributed by atoms with Gasteiger partial charge in [-0.3, -0.25) is 19.7 Å². The summed E-state index contributed by atoms with van der Waals surface area (Å²) in [5, 5.41) is 13.8. The van der Waals surface area contributed by atoms with E-state index in [0.717, 1.165) is 0 Å². The Hall–Kier alpha value is -4.46. The number of para-hydroxylation sites is 1. The van der Waals surface area contributed by atoms with Crippen LogP contribution in [0.15, 0.2) is 79.0 Å². The van der Waals surface area contributed by atoms with Gasteiger partial charge in [-0.25, -0.2) is 0 Å². The molecule has 3 N–H and O–H groups in total. The van der Waals surface area contributed by atoms with Crippen LogP contribution >= 0.6 is 0 Å². The molecule has 0 bridgehead atoms. The summed E-state index contributed by atoms with van der Waals surface area (Å²) < 4.78 is 1.52. The fourth-order valence-electron chi connectivity index (χ4n) is 3.31. The van der Waals surface area contributed by atoms with E-state index in [1.165, 1.54) is 28.7 Å². The minimum Gasteiger partial charge on any atom is -0.396 e. The molecule has 0 unspecified atom stereocenters. The molecule has 0 saturated carbocycles. The molecule has 4 aromatic rings. The lowest BCUT2D eigenvalue weighted by Gasteiger charge is -2.05. The molecular weight excluding hydrogens is 384 g/mol. The van der Waals surface area contributed by atoms with Crippen LogP contribution in [0.25, 0.3) is 5.52 Å². The predicted octanol–water partition coefficient (Wildman–Crippen LogP) is 3.91. The molecule has 148 valence electrons. The van der Waals surface area contributed by atoms with E-state index in [-0.39, 0.29) is 28.2 Å². The summed E-state index contributed by atoms with van der Waals surface area (Å²) in [6.45, 7) is 0. The first-order valence-electron chi connectivity index (χ1n) is 9.01. The van der Waals surface area contributed by atoms with E-state index in [1.807, 2.05) is 6.07 Å². The first-order valence-corrected chi connectivity index (χ1v) is 9.01. The number of fused-ring (bicyclic) bond motifs is 1. The van der Waals surface area contributed by atoms with Crippen LogP contribution in [0, 0.1) is 10.1 Å². The van der Waals surface area contributed by atoms with Crippen molar-refractivity contribution < 1.29 is 14.5 Å². The first-order chi connectivity index (χ1) is 14.5. The molecule has 0 aliphatic rings. The van der Waals surface area contributed by atoms with Crippen LogP contribution in [0.4, 0.5) is 17.1 Å². The van der Waals surface area contributed by atoms with Gasteiger partial charge < -0.3 is 15.5 Å². The van der Waals surface area contributed by atoms with E-state index in [0.29, 0.717) is 11.2 Å². The Balaban J connectivity index is 1.83. The fraction of sp³-hybridized carbons (Fsp3) is 0. The molecule has 8 heteroatoms. The van der Waals surface area contributed by atoms with Crippen LogP contribution in [0.5, 0.6) is 0 Å². The highest BCUT2D eigenvalue weighted by molar-refractivity contribution is 6.20.